The van der Waals surface area contributed by atoms with Gasteiger partial charge in [-0.25, -0.2) is 14.4 Å². The second-order valence-corrected chi connectivity index (χ2v) is 5.43. The molecule has 0 saturated carbocycles. The van der Waals surface area contributed by atoms with E-state index in [0.717, 1.165) is 0 Å². The molecule has 7 nitrogen and oxygen atoms in total. The fourth-order valence-electron chi connectivity index (χ4n) is 2.57. The Kier molecular flexibility index (Phi) is 4.18. The molecule has 3 aromatic rings. The Morgan fingerprint density at radius 1 is 1.20 bits per heavy atom. The predicted octanol–water partition coefficient (Wildman–Crippen LogP) is 3.76. The summed E-state index contributed by atoms with van der Waals surface area (Å²) in [6.07, 6.45) is 0. The maximum absolute atomic E-state index is 14.0. The number of methoxy groups -OCH3 is 1. The number of hydrogen-bond donors (Lipinski definition) is 0. The van der Waals surface area contributed by atoms with Gasteiger partial charge in [0.15, 0.2) is 11.6 Å². The van der Waals surface area contributed by atoms with Gasteiger partial charge >= 0.3 is 0 Å². The van der Waals surface area contributed by atoms with Crippen LogP contribution in [0.4, 0.5) is 21.6 Å². The van der Waals surface area contributed by atoms with Crippen molar-refractivity contribution in [3.8, 4) is 5.75 Å². The van der Waals surface area contributed by atoms with Crippen LogP contribution in [0, 0.1) is 22.9 Å². The van der Waals surface area contributed by atoms with Crippen molar-refractivity contribution < 1.29 is 14.1 Å². The second kappa shape index (κ2) is 6.31. The Balaban J connectivity index is 2.17. The smallest absolute Gasteiger partial charge is 0.270 e. The molecule has 1 aromatic heterocycles. The number of nitro benzene ring substituents is 1. The number of anilines is 2. The van der Waals surface area contributed by atoms with Crippen LogP contribution in [-0.2, 0) is 0 Å². The average molecular weight is 342 g/mol. The van der Waals surface area contributed by atoms with Crippen molar-refractivity contribution in [2.45, 2.75) is 6.92 Å². The molecular weight excluding hydrogens is 327 g/mol. The average Bonchev–Trinajstić information content (AvgIpc) is 2.59. The number of aryl methyl sites for hydroxylation is 1. The lowest BCUT2D eigenvalue weighted by Gasteiger charge is -2.21. The van der Waals surface area contributed by atoms with Gasteiger partial charge in [0.05, 0.1) is 22.9 Å². The first kappa shape index (κ1) is 16.6. The van der Waals surface area contributed by atoms with Crippen LogP contribution in [0.25, 0.3) is 10.9 Å². The number of halogens is 1. The Bertz CT molecular complexity index is 978. The van der Waals surface area contributed by atoms with Gasteiger partial charge in [0.2, 0.25) is 0 Å². The van der Waals surface area contributed by atoms with Crippen LogP contribution in [0.15, 0.2) is 36.4 Å². The predicted molar refractivity (Wildman–Crippen MR) is 91.9 cm³/mol. The first-order valence-electron chi connectivity index (χ1n) is 7.41. The highest BCUT2D eigenvalue weighted by atomic mass is 19.1. The molecule has 25 heavy (non-hydrogen) atoms. The van der Waals surface area contributed by atoms with Crippen LogP contribution in [0.1, 0.15) is 5.82 Å². The van der Waals surface area contributed by atoms with Gasteiger partial charge in [-0.1, -0.05) is 0 Å². The Hall–Kier alpha value is -3.29. The number of benzene rings is 2. The second-order valence-electron chi connectivity index (χ2n) is 5.43. The van der Waals surface area contributed by atoms with Crippen molar-refractivity contribution >= 4 is 28.1 Å². The van der Waals surface area contributed by atoms with Gasteiger partial charge in [0.1, 0.15) is 11.6 Å². The van der Waals surface area contributed by atoms with E-state index in [0.29, 0.717) is 28.2 Å². The summed E-state index contributed by atoms with van der Waals surface area (Å²) in [5.41, 5.74) is 1.05. The molecule has 0 N–H and O–H groups in total. The van der Waals surface area contributed by atoms with Gasteiger partial charge < -0.3 is 9.64 Å². The highest BCUT2D eigenvalue weighted by Gasteiger charge is 2.16. The molecule has 0 aliphatic carbocycles. The van der Waals surface area contributed by atoms with Crippen molar-refractivity contribution in [3.63, 3.8) is 0 Å². The summed E-state index contributed by atoms with van der Waals surface area (Å²) in [4.78, 5) is 20.9. The van der Waals surface area contributed by atoms with Crippen LogP contribution in [0.5, 0.6) is 5.75 Å². The van der Waals surface area contributed by atoms with Gasteiger partial charge in [-0.05, 0) is 25.1 Å². The molecule has 0 aliphatic heterocycles. The molecule has 0 saturated heterocycles. The lowest BCUT2D eigenvalue weighted by atomic mass is 10.2. The molecule has 0 spiro atoms. The van der Waals surface area contributed by atoms with Crippen LogP contribution in [0.2, 0.25) is 0 Å². The van der Waals surface area contributed by atoms with Gasteiger partial charge in [-0.15, -0.1) is 0 Å². The minimum Gasteiger partial charge on any atom is -0.494 e. The number of aromatic nitrogens is 2. The summed E-state index contributed by atoms with van der Waals surface area (Å²) in [5, 5.41) is 11.6. The number of nitrogens with zero attached hydrogens (tertiary/aromatic N) is 4. The van der Waals surface area contributed by atoms with E-state index in [4.69, 9.17) is 4.74 Å². The summed E-state index contributed by atoms with van der Waals surface area (Å²) in [6, 6.07) is 8.90. The topological polar surface area (TPSA) is 81.4 Å². The van der Waals surface area contributed by atoms with E-state index in [9.17, 15) is 14.5 Å². The number of nitro groups is 1. The molecule has 0 radical (unpaired) electrons. The molecule has 0 amide bonds. The van der Waals surface area contributed by atoms with E-state index < -0.39 is 10.7 Å². The molecular formula is C17H15FN4O3. The van der Waals surface area contributed by atoms with E-state index in [2.05, 4.69) is 9.97 Å². The molecule has 8 heteroatoms. The third-order valence-corrected chi connectivity index (χ3v) is 3.82. The Morgan fingerprint density at radius 3 is 2.60 bits per heavy atom. The van der Waals surface area contributed by atoms with Crippen LogP contribution in [0.3, 0.4) is 0 Å². The molecule has 1 heterocycles. The van der Waals surface area contributed by atoms with E-state index in [1.54, 1.807) is 31.0 Å². The number of fused-ring (bicyclic) bond motifs is 1. The summed E-state index contributed by atoms with van der Waals surface area (Å²) >= 11 is 0. The standard InChI is InChI=1S/C17H15FN4O3/c1-10-19-15-6-4-12(22(23)24)8-13(15)17(20-10)21(2)11-5-7-16(25-3)14(18)9-11/h4-9H,1-3H3. The van der Waals surface area contributed by atoms with Crippen molar-refractivity contribution in [3.05, 3.63) is 58.2 Å². The van der Waals surface area contributed by atoms with Crippen molar-refractivity contribution in [1.29, 1.82) is 0 Å². The van der Waals surface area contributed by atoms with Crippen LogP contribution < -0.4 is 9.64 Å². The molecule has 0 bridgehead atoms. The minimum atomic E-state index is -0.507. The highest BCUT2D eigenvalue weighted by Crippen LogP contribution is 2.32. The van der Waals surface area contributed by atoms with Gasteiger partial charge in [-0.3, -0.25) is 10.1 Å². The molecule has 2 aromatic carbocycles. The van der Waals surface area contributed by atoms with Crippen molar-refractivity contribution in [1.82, 2.24) is 9.97 Å². The zero-order valence-electron chi connectivity index (χ0n) is 13.9. The molecule has 0 atom stereocenters. The highest BCUT2D eigenvalue weighted by molar-refractivity contribution is 5.93. The van der Waals surface area contributed by atoms with Gasteiger partial charge in [0.25, 0.3) is 5.69 Å². The minimum absolute atomic E-state index is 0.0597. The Labute approximate surface area is 142 Å². The maximum atomic E-state index is 14.0. The Morgan fingerprint density at radius 2 is 1.96 bits per heavy atom. The number of hydrogen-bond acceptors (Lipinski definition) is 6. The summed E-state index contributed by atoms with van der Waals surface area (Å²) < 4.78 is 18.9. The first-order chi connectivity index (χ1) is 11.9. The lowest BCUT2D eigenvalue weighted by Crippen LogP contribution is -2.13. The molecule has 3 rings (SSSR count). The first-order valence-corrected chi connectivity index (χ1v) is 7.41. The fraction of sp³-hybridized carbons (Fsp3) is 0.176. The lowest BCUT2D eigenvalue weighted by molar-refractivity contribution is -0.384. The quantitative estimate of drug-likeness (QED) is 0.530. The SMILES string of the molecule is COc1ccc(N(C)c2nc(C)nc3ccc([N+](=O)[O-])cc23)cc1F. The van der Waals surface area contributed by atoms with Crippen molar-refractivity contribution in [2.24, 2.45) is 0 Å². The van der Waals surface area contributed by atoms with E-state index in [-0.39, 0.29) is 11.4 Å². The van der Waals surface area contributed by atoms with E-state index in [1.165, 1.54) is 31.4 Å². The zero-order chi connectivity index (χ0) is 18.1. The number of rotatable bonds is 4. The number of non-ortho nitro benzene ring substituents is 1. The van der Waals surface area contributed by atoms with Crippen LogP contribution in [-0.4, -0.2) is 29.0 Å². The fourth-order valence-corrected chi connectivity index (χ4v) is 2.57. The monoisotopic (exact) mass is 342 g/mol. The van der Waals surface area contributed by atoms with Crippen molar-refractivity contribution in [2.75, 3.05) is 19.1 Å². The summed E-state index contributed by atoms with van der Waals surface area (Å²) in [5.74, 6) is 0.595. The normalized spacial score (nSPS) is 10.7. The summed E-state index contributed by atoms with van der Waals surface area (Å²) in [7, 11) is 3.10. The maximum Gasteiger partial charge on any atom is 0.270 e. The number of ether oxygens (including phenoxy) is 1. The van der Waals surface area contributed by atoms with Gasteiger partial charge in [0, 0.05) is 30.9 Å². The van der Waals surface area contributed by atoms with Gasteiger partial charge in [-0.2, -0.15) is 0 Å². The molecule has 0 aliphatic rings. The molecule has 128 valence electrons. The van der Waals surface area contributed by atoms with E-state index in [1.807, 2.05) is 0 Å². The third-order valence-electron chi connectivity index (χ3n) is 3.82. The zero-order valence-corrected chi connectivity index (χ0v) is 13.9. The summed E-state index contributed by atoms with van der Waals surface area (Å²) in [6.45, 7) is 1.73. The van der Waals surface area contributed by atoms with E-state index >= 15 is 0 Å². The molecule has 0 fully saturated rings. The largest absolute Gasteiger partial charge is 0.494 e. The third kappa shape index (κ3) is 3.06. The molecule has 0 unspecified atom stereocenters. The van der Waals surface area contributed by atoms with Crippen LogP contribution >= 0.6 is 0 Å².